The molecule has 9 rings (SSSR count). The van der Waals surface area contributed by atoms with Crippen molar-refractivity contribution in [3.05, 3.63) is 163 Å². The van der Waals surface area contributed by atoms with Gasteiger partial charge in [-0.15, -0.1) is 0 Å². The minimum Gasteiger partial charge on any atom is -0.310 e. The number of nitrogens with zero attached hydrogens (tertiary/aromatic N) is 1. The van der Waals surface area contributed by atoms with Crippen molar-refractivity contribution < 1.29 is 0 Å². The Labute approximate surface area is 258 Å². The summed E-state index contributed by atoms with van der Waals surface area (Å²) in [5, 5.41) is 2.57. The van der Waals surface area contributed by atoms with Crippen LogP contribution in [-0.4, -0.2) is 0 Å². The molecule has 0 heterocycles. The van der Waals surface area contributed by atoms with Crippen LogP contribution >= 0.6 is 0 Å². The van der Waals surface area contributed by atoms with Gasteiger partial charge in [0, 0.05) is 22.4 Å². The molecule has 1 nitrogen and oxygen atoms in total. The Morgan fingerprint density at radius 1 is 0.409 bits per heavy atom. The molecule has 0 saturated heterocycles. The molecule has 0 amide bonds. The lowest BCUT2D eigenvalue weighted by Gasteiger charge is -2.34. The third-order valence-corrected chi connectivity index (χ3v) is 9.79. The van der Waals surface area contributed by atoms with Crippen molar-refractivity contribution in [2.75, 3.05) is 4.90 Å². The molecule has 1 heteroatoms. The summed E-state index contributed by atoms with van der Waals surface area (Å²) in [4.78, 5) is 2.46. The minimum absolute atomic E-state index is 0.0714. The van der Waals surface area contributed by atoms with E-state index in [0.717, 1.165) is 5.69 Å². The van der Waals surface area contributed by atoms with Gasteiger partial charge in [0.2, 0.25) is 0 Å². The van der Waals surface area contributed by atoms with Gasteiger partial charge in [-0.25, -0.2) is 0 Å². The maximum absolute atomic E-state index is 2.46. The molecule has 0 atom stereocenters. The molecule has 0 bridgehead atoms. The van der Waals surface area contributed by atoms with Crippen LogP contribution in [0.2, 0.25) is 0 Å². The average molecular weight is 562 g/mol. The van der Waals surface area contributed by atoms with Gasteiger partial charge in [-0.3, -0.25) is 0 Å². The summed E-state index contributed by atoms with van der Waals surface area (Å²) in [6, 6.07) is 55.8. The number of anilines is 3. The molecule has 208 valence electrons. The van der Waals surface area contributed by atoms with Crippen LogP contribution in [0.1, 0.15) is 25.0 Å². The fourth-order valence-electron chi connectivity index (χ4n) is 7.53. The molecular weight excluding hydrogens is 530 g/mol. The van der Waals surface area contributed by atoms with Gasteiger partial charge in [0.15, 0.2) is 0 Å². The third kappa shape index (κ3) is 3.59. The summed E-state index contributed by atoms with van der Waals surface area (Å²) in [5.41, 5.74) is 16.7. The van der Waals surface area contributed by atoms with Crippen molar-refractivity contribution >= 4 is 27.8 Å². The highest BCUT2D eigenvalue weighted by molar-refractivity contribution is 6.13. The second-order valence-corrected chi connectivity index (χ2v) is 12.6. The monoisotopic (exact) mass is 561 g/mol. The Morgan fingerprint density at radius 3 is 1.82 bits per heavy atom. The SMILES string of the molecule is CC1(C)c2ccccc2-c2ccc(N(c3ccc(-c4ccccc4)cc3)c3cccc4c3-c3cc5ccccc5cc3-4)cc21. The summed E-state index contributed by atoms with van der Waals surface area (Å²) in [6.45, 7) is 4.72. The van der Waals surface area contributed by atoms with Gasteiger partial charge >= 0.3 is 0 Å². The maximum Gasteiger partial charge on any atom is 0.0546 e. The molecule has 7 aromatic carbocycles. The van der Waals surface area contributed by atoms with E-state index in [1.807, 2.05) is 0 Å². The van der Waals surface area contributed by atoms with Crippen molar-refractivity contribution in [1.82, 2.24) is 0 Å². The Hall–Kier alpha value is -5.40. The zero-order valence-corrected chi connectivity index (χ0v) is 24.9. The van der Waals surface area contributed by atoms with E-state index >= 15 is 0 Å². The molecule has 0 radical (unpaired) electrons. The summed E-state index contributed by atoms with van der Waals surface area (Å²) in [6.07, 6.45) is 0. The van der Waals surface area contributed by atoms with Crippen molar-refractivity contribution in [2.24, 2.45) is 0 Å². The largest absolute Gasteiger partial charge is 0.310 e. The molecule has 2 aliphatic carbocycles. The molecule has 0 fully saturated rings. The molecular formula is C43H31N. The van der Waals surface area contributed by atoms with Crippen LogP contribution in [0.3, 0.4) is 0 Å². The van der Waals surface area contributed by atoms with E-state index in [4.69, 9.17) is 0 Å². The normalized spacial score (nSPS) is 13.4. The van der Waals surface area contributed by atoms with Crippen molar-refractivity contribution in [3.8, 4) is 44.5 Å². The fraction of sp³-hybridized carbons (Fsp3) is 0.0698. The first-order valence-electron chi connectivity index (χ1n) is 15.4. The summed E-state index contributed by atoms with van der Waals surface area (Å²) >= 11 is 0. The Kier molecular flexibility index (Phi) is 5.31. The van der Waals surface area contributed by atoms with Gasteiger partial charge < -0.3 is 4.90 Å². The van der Waals surface area contributed by atoms with E-state index in [0.29, 0.717) is 0 Å². The highest BCUT2D eigenvalue weighted by Gasteiger charge is 2.36. The zero-order valence-electron chi connectivity index (χ0n) is 24.9. The second kappa shape index (κ2) is 9.30. The highest BCUT2D eigenvalue weighted by atomic mass is 15.1. The second-order valence-electron chi connectivity index (χ2n) is 12.6. The topological polar surface area (TPSA) is 3.24 Å². The van der Waals surface area contributed by atoms with Crippen LogP contribution in [0.4, 0.5) is 17.1 Å². The molecule has 0 saturated carbocycles. The van der Waals surface area contributed by atoms with Gasteiger partial charge in [-0.1, -0.05) is 123 Å². The number of hydrogen-bond donors (Lipinski definition) is 0. The first-order chi connectivity index (χ1) is 21.6. The smallest absolute Gasteiger partial charge is 0.0546 e. The van der Waals surface area contributed by atoms with E-state index in [1.165, 1.54) is 77.8 Å². The van der Waals surface area contributed by atoms with Crippen molar-refractivity contribution in [2.45, 2.75) is 19.3 Å². The lowest BCUT2D eigenvalue weighted by Crippen LogP contribution is -2.17. The van der Waals surface area contributed by atoms with E-state index < -0.39 is 0 Å². The zero-order chi connectivity index (χ0) is 29.4. The Balaban J connectivity index is 1.24. The van der Waals surface area contributed by atoms with Gasteiger partial charge in [0.25, 0.3) is 0 Å². The van der Waals surface area contributed by atoms with Crippen LogP contribution < -0.4 is 4.90 Å². The number of rotatable bonds is 4. The lowest BCUT2D eigenvalue weighted by molar-refractivity contribution is 0.660. The van der Waals surface area contributed by atoms with Crippen molar-refractivity contribution in [1.29, 1.82) is 0 Å². The number of fused-ring (bicyclic) bond motifs is 8. The fourth-order valence-corrected chi connectivity index (χ4v) is 7.53. The molecule has 0 aromatic heterocycles. The lowest BCUT2D eigenvalue weighted by atomic mass is 9.77. The highest BCUT2D eigenvalue weighted by Crippen LogP contribution is 2.56. The quantitative estimate of drug-likeness (QED) is 0.207. The number of hydrogen-bond acceptors (Lipinski definition) is 1. The van der Waals surface area contributed by atoms with E-state index in [2.05, 4.69) is 170 Å². The molecule has 0 spiro atoms. The van der Waals surface area contributed by atoms with Crippen LogP contribution in [0.15, 0.2) is 152 Å². The van der Waals surface area contributed by atoms with E-state index in [-0.39, 0.29) is 5.41 Å². The van der Waals surface area contributed by atoms with Crippen LogP contribution in [0.5, 0.6) is 0 Å². The summed E-state index contributed by atoms with van der Waals surface area (Å²) in [7, 11) is 0. The first kappa shape index (κ1) is 25.1. The van der Waals surface area contributed by atoms with Gasteiger partial charge in [0.1, 0.15) is 0 Å². The van der Waals surface area contributed by atoms with Crippen LogP contribution in [0.25, 0.3) is 55.3 Å². The van der Waals surface area contributed by atoms with Crippen LogP contribution in [-0.2, 0) is 5.41 Å². The van der Waals surface area contributed by atoms with Gasteiger partial charge in [-0.05, 0) is 103 Å². The third-order valence-electron chi connectivity index (χ3n) is 9.79. The Morgan fingerprint density at radius 2 is 1.02 bits per heavy atom. The van der Waals surface area contributed by atoms with E-state index in [1.54, 1.807) is 0 Å². The predicted octanol–water partition coefficient (Wildman–Crippen LogP) is 11.9. The Bertz CT molecular complexity index is 2240. The summed E-state index contributed by atoms with van der Waals surface area (Å²) in [5.74, 6) is 0. The predicted molar refractivity (Wildman–Crippen MR) is 186 cm³/mol. The van der Waals surface area contributed by atoms with Gasteiger partial charge in [0.05, 0.1) is 5.69 Å². The molecule has 0 N–H and O–H groups in total. The first-order valence-corrected chi connectivity index (χ1v) is 15.4. The molecule has 2 aliphatic rings. The van der Waals surface area contributed by atoms with Crippen molar-refractivity contribution in [3.63, 3.8) is 0 Å². The average Bonchev–Trinajstić information content (AvgIpc) is 3.30. The standard InChI is InChI=1S/C43H31N/c1-43(2)39-17-9-8-15-34(39)35-24-23-33(27-40(35)43)44(32-21-19-29(20-22-32)28-11-4-3-5-12-28)41-18-10-16-36-37-25-30-13-6-7-14-31(30)26-38(37)42(36)41/h3-27H,1-2H3. The molecule has 44 heavy (non-hydrogen) atoms. The summed E-state index contributed by atoms with van der Waals surface area (Å²) < 4.78 is 0. The minimum atomic E-state index is -0.0714. The van der Waals surface area contributed by atoms with Crippen LogP contribution in [0, 0.1) is 0 Å². The molecule has 0 aliphatic heterocycles. The van der Waals surface area contributed by atoms with E-state index in [9.17, 15) is 0 Å². The molecule has 0 unspecified atom stereocenters. The maximum atomic E-state index is 2.46. The molecule has 7 aromatic rings. The number of benzene rings is 7. The van der Waals surface area contributed by atoms with Gasteiger partial charge in [-0.2, -0.15) is 0 Å².